The maximum Gasteiger partial charge on any atom is 0.234 e. The Morgan fingerprint density at radius 2 is 1.81 bits per heavy atom. The quantitative estimate of drug-likeness (QED) is 0.713. The Morgan fingerprint density at radius 1 is 1.19 bits per heavy atom. The van der Waals surface area contributed by atoms with E-state index in [4.69, 9.17) is 4.74 Å². The molecular weight excluding hydrogens is 268 g/mol. The van der Waals surface area contributed by atoms with Crippen molar-refractivity contribution in [2.24, 2.45) is 5.41 Å². The van der Waals surface area contributed by atoms with Gasteiger partial charge in [0, 0.05) is 25.8 Å². The lowest BCUT2D eigenvalue weighted by atomic mass is 9.71. The van der Waals surface area contributed by atoms with E-state index >= 15 is 0 Å². The van der Waals surface area contributed by atoms with Crippen LogP contribution in [0.15, 0.2) is 0 Å². The maximum atomic E-state index is 11.9. The smallest absolute Gasteiger partial charge is 0.234 e. The minimum absolute atomic E-state index is 0.0154. The predicted octanol–water partition coefficient (Wildman–Crippen LogP) is 1.20. The van der Waals surface area contributed by atoms with E-state index in [0.717, 1.165) is 51.7 Å². The molecule has 2 fully saturated rings. The largest absolute Gasteiger partial charge is 0.389 e. The van der Waals surface area contributed by atoms with E-state index < -0.39 is 5.60 Å². The number of amides is 1. The topological polar surface area (TPSA) is 70.6 Å². The van der Waals surface area contributed by atoms with Crippen LogP contribution in [-0.4, -0.2) is 49.0 Å². The average Bonchev–Trinajstić information content (AvgIpc) is 2.44. The summed E-state index contributed by atoms with van der Waals surface area (Å²) in [6.07, 6.45) is 5.50. The Bertz CT molecular complexity index is 341. The van der Waals surface area contributed by atoms with Gasteiger partial charge in [-0.2, -0.15) is 0 Å². The molecular formula is C16H30N2O3. The van der Waals surface area contributed by atoms with E-state index in [2.05, 4.69) is 24.5 Å². The second-order valence-corrected chi connectivity index (χ2v) is 7.45. The van der Waals surface area contributed by atoms with Gasteiger partial charge in [-0.3, -0.25) is 4.79 Å². The van der Waals surface area contributed by atoms with Crippen LogP contribution in [0.1, 0.15) is 52.4 Å². The molecule has 21 heavy (non-hydrogen) atoms. The summed E-state index contributed by atoms with van der Waals surface area (Å²) < 4.78 is 5.27. The first-order valence-corrected chi connectivity index (χ1v) is 8.19. The average molecular weight is 298 g/mol. The molecule has 1 heterocycles. The molecule has 5 heteroatoms. The van der Waals surface area contributed by atoms with Gasteiger partial charge in [0.2, 0.25) is 5.91 Å². The zero-order valence-corrected chi connectivity index (χ0v) is 13.4. The highest BCUT2D eigenvalue weighted by atomic mass is 16.5. The summed E-state index contributed by atoms with van der Waals surface area (Å²) in [5, 5.41) is 16.7. The van der Waals surface area contributed by atoms with E-state index in [1.54, 1.807) is 0 Å². The van der Waals surface area contributed by atoms with E-state index in [9.17, 15) is 9.90 Å². The SMILES string of the molecule is CC1(C)CCC(O)(CNCC(=O)NC2CCOCC2)CC1. The number of hydrogen-bond acceptors (Lipinski definition) is 4. The molecule has 0 unspecified atom stereocenters. The number of rotatable bonds is 5. The van der Waals surface area contributed by atoms with Crippen molar-refractivity contribution < 1.29 is 14.6 Å². The first-order chi connectivity index (χ1) is 9.89. The fourth-order valence-electron chi connectivity index (χ4n) is 3.10. The molecule has 1 aliphatic carbocycles. The zero-order valence-electron chi connectivity index (χ0n) is 13.4. The molecule has 0 radical (unpaired) electrons. The van der Waals surface area contributed by atoms with Crippen LogP contribution < -0.4 is 10.6 Å². The molecule has 0 atom stereocenters. The molecule has 0 bridgehead atoms. The summed E-state index contributed by atoms with van der Waals surface area (Å²) in [4.78, 5) is 11.9. The van der Waals surface area contributed by atoms with Crippen LogP contribution in [0.5, 0.6) is 0 Å². The van der Waals surface area contributed by atoms with Crippen molar-refractivity contribution in [3.05, 3.63) is 0 Å². The van der Waals surface area contributed by atoms with Gasteiger partial charge < -0.3 is 20.5 Å². The second kappa shape index (κ2) is 7.07. The highest BCUT2D eigenvalue weighted by Gasteiger charge is 2.36. The monoisotopic (exact) mass is 298 g/mol. The Kier molecular flexibility index (Phi) is 5.63. The Morgan fingerprint density at radius 3 is 2.43 bits per heavy atom. The van der Waals surface area contributed by atoms with Gasteiger partial charge in [-0.05, 0) is 43.9 Å². The molecule has 122 valence electrons. The number of carbonyl (C=O) groups is 1. The Labute approximate surface area is 127 Å². The van der Waals surface area contributed by atoms with Crippen molar-refractivity contribution in [1.29, 1.82) is 0 Å². The third kappa shape index (κ3) is 5.57. The van der Waals surface area contributed by atoms with Crippen molar-refractivity contribution >= 4 is 5.91 Å². The number of aliphatic hydroxyl groups is 1. The van der Waals surface area contributed by atoms with Gasteiger partial charge in [0.25, 0.3) is 0 Å². The van der Waals surface area contributed by atoms with E-state index in [1.807, 2.05) is 0 Å². The molecule has 0 aromatic heterocycles. The van der Waals surface area contributed by atoms with Crippen molar-refractivity contribution in [2.45, 2.75) is 64.0 Å². The van der Waals surface area contributed by atoms with Gasteiger partial charge in [-0.15, -0.1) is 0 Å². The molecule has 5 nitrogen and oxygen atoms in total. The van der Waals surface area contributed by atoms with Crippen LogP contribution in [-0.2, 0) is 9.53 Å². The lowest BCUT2D eigenvalue weighted by Gasteiger charge is -2.40. The summed E-state index contributed by atoms with van der Waals surface area (Å²) >= 11 is 0. The molecule has 2 aliphatic rings. The lowest BCUT2D eigenvalue weighted by molar-refractivity contribution is -0.121. The van der Waals surface area contributed by atoms with E-state index in [-0.39, 0.29) is 18.5 Å². The van der Waals surface area contributed by atoms with Gasteiger partial charge in [0.15, 0.2) is 0 Å². The van der Waals surface area contributed by atoms with E-state index in [0.29, 0.717) is 12.0 Å². The molecule has 1 aliphatic heterocycles. The van der Waals surface area contributed by atoms with Crippen LogP contribution >= 0.6 is 0 Å². The first-order valence-electron chi connectivity index (χ1n) is 8.19. The fourth-order valence-corrected chi connectivity index (χ4v) is 3.10. The highest BCUT2D eigenvalue weighted by Crippen LogP contribution is 2.39. The van der Waals surface area contributed by atoms with Crippen LogP contribution in [0.3, 0.4) is 0 Å². The summed E-state index contributed by atoms with van der Waals surface area (Å²) in [5.74, 6) is 0.0154. The number of hydrogen-bond donors (Lipinski definition) is 3. The van der Waals surface area contributed by atoms with Gasteiger partial charge in [0.05, 0.1) is 12.1 Å². The van der Waals surface area contributed by atoms with Gasteiger partial charge >= 0.3 is 0 Å². The third-order valence-electron chi connectivity index (χ3n) is 4.86. The third-order valence-corrected chi connectivity index (χ3v) is 4.86. The summed E-state index contributed by atoms with van der Waals surface area (Å²) in [6.45, 7) is 6.75. The predicted molar refractivity (Wildman–Crippen MR) is 82.1 cm³/mol. The summed E-state index contributed by atoms with van der Waals surface area (Å²) in [5.41, 5.74) is -0.304. The van der Waals surface area contributed by atoms with Crippen LogP contribution in [0.25, 0.3) is 0 Å². The Balaban J connectivity index is 1.63. The fraction of sp³-hybridized carbons (Fsp3) is 0.938. The van der Waals surface area contributed by atoms with Crippen molar-refractivity contribution in [2.75, 3.05) is 26.3 Å². The van der Waals surface area contributed by atoms with Gasteiger partial charge in [-0.1, -0.05) is 13.8 Å². The molecule has 0 spiro atoms. The zero-order chi connectivity index (χ0) is 15.3. The van der Waals surface area contributed by atoms with Crippen molar-refractivity contribution in [1.82, 2.24) is 10.6 Å². The van der Waals surface area contributed by atoms with Crippen LogP contribution in [0.2, 0.25) is 0 Å². The molecule has 2 rings (SSSR count). The van der Waals surface area contributed by atoms with Gasteiger partial charge in [-0.25, -0.2) is 0 Å². The molecule has 0 aromatic rings. The molecule has 3 N–H and O–H groups in total. The number of nitrogens with one attached hydrogen (secondary N) is 2. The molecule has 1 saturated carbocycles. The van der Waals surface area contributed by atoms with Crippen molar-refractivity contribution in [3.8, 4) is 0 Å². The summed E-state index contributed by atoms with van der Waals surface area (Å²) in [7, 11) is 0. The minimum Gasteiger partial charge on any atom is -0.389 e. The molecule has 1 saturated heterocycles. The van der Waals surface area contributed by atoms with E-state index in [1.165, 1.54) is 0 Å². The molecule has 1 amide bonds. The van der Waals surface area contributed by atoms with Gasteiger partial charge in [0.1, 0.15) is 0 Å². The maximum absolute atomic E-state index is 11.9. The lowest BCUT2D eigenvalue weighted by Crippen LogP contribution is -2.48. The highest BCUT2D eigenvalue weighted by molar-refractivity contribution is 5.78. The number of carbonyl (C=O) groups excluding carboxylic acids is 1. The summed E-state index contributed by atoms with van der Waals surface area (Å²) in [6, 6.07) is 0.242. The minimum atomic E-state index is -0.644. The molecule has 0 aromatic carbocycles. The standard InChI is InChI=1S/C16H30N2O3/c1-15(2)5-7-16(20,8-6-15)12-17-11-14(19)18-13-3-9-21-10-4-13/h13,17,20H,3-12H2,1-2H3,(H,18,19). The normalized spacial score (nSPS) is 25.5. The van der Waals surface area contributed by atoms with Crippen molar-refractivity contribution in [3.63, 3.8) is 0 Å². The van der Waals surface area contributed by atoms with Crippen LogP contribution in [0.4, 0.5) is 0 Å². The first kappa shape index (κ1) is 16.7. The Hall–Kier alpha value is -0.650. The van der Waals surface area contributed by atoms with Crippen LogP contribution in [0, 0.1) is 5.41 Å². The second-order valence-electron chi connectivity index (χ2n) is 7.45. The number of ether oxygens (including phenoxy) is 1.